The number of hydrogen-bond donors (Lipinski definition) is 1. The molecular weight excluding hydrogens is 418 g/mol. The zero-order valence-electron chi connectivity index (χ0n) is 16.6. The molecule has 3 aromatic rings. The van der Waals surface area contributed by atoms with Crippen molar-refractivity contribution < 1.29 is 23.2 Å². The van der Waals surface area contributed by atoms with E-state index in [0.29, 0.717) is 12.1 Å². The maximum absolute atomic E-state index is 13.7. The summed E-state index contributed by atoms with van der Waals surface area (Å²) in [4.78, 5) is 21.9. The number of benzene rings is 3. The summed E-state index contributed by atoms with van der Waals surface area (Å²) in [5.41, 5.74) is 3.16. The number of nitro groups is 1. The minimum absolute atomic E-state index is 0.0897. The first-order valence-corrected chi connectivity index (χ1v) is 9.67. The molecule has 0 aromatic heterocycles. The van der Waals surface area contributed by atoms with Crippen LogP contribution in [0.5, 0.6) is 0 Å². The second-order valence-electron chi connectivity index (χ2n) is 7.02. The summed E-state index contributed by atoms with van der Waals surface area (Å²) in [7, 11) is 0. The first-order valence-electron chi connectivity index (χ1n) is 9.67. The molecule has 0 radical (unpaired) electrons. The number of amides is 1. The van der Waals surface area contributed by atoms with Gasteiger partial charge in [-0.2, -0.15) is 4.39 Å². The zero-order valence-corrected chi connectivity index (χ0v) is 16.6. The molecule has 1 N–H and O–H groups in total. The van der Waals surface area contributed by atoms with Crippen molar-refractivity contribution in [1.82, 2.24) is 5.32 Å². The van der Waals surface area contributed by atoms with Gasteiger partial charge in [-0.25, -0.2) is 9.18 Å². The van der Waals surface area contributed by atoms with Crippen molar-refractivity contribution in [3.63, 3.8) is 0 Å². The highest BCUT2D eigenvalue weighted by Crippen LogP contribution is 2.44. The lowest BCUT2D eigenvalue weighted by atomic mass is 9.98. The summed E-state index contributed by atoms with van der Waals surface area (Å²) in [5.74, 6) is 2.42. The van der Waals surface area contributed by atoms with Gasteiger partial charge in [0.2, 0.25) is 5.82 Å². The average Bonchev–Trinajstić information content (AvgIpc) is 3.10. The van der Waals surface area contributed by atoms with Crippen LogP contribution in [0.2, 0.25) is 0 Å². The molecule has 0 saturated carbocycles. The van der Waals surface area contributed by atoms with Gasteiger partial charge in [0.05, 0.1) is 17.0 Å². The fourth-order valence-corrected chi connectivity index (χ4v) is 3.68. The van der Waals surface area contributed by atoms with Crippen LogP contribution in [0.15, 0.2) is 60.7 Å². The SMILES string of the molecule is O=C(NCC#Cc1cc([N+](=O)[O-])c(F)cc1F)OCC1c2ccccc2-c2ccccc21. The Kier molecular flexibility index (Phi) is 5.81. The molecule has 8 heteroatoms. The van der Waals surface area contributed by atoms with Crippen LogP contribution >= 0.6 is 0 Å². The predicted octanol–water partition coefficient (Wildman–Crippen LogP) is 4.76. The van der Waals surface area contributed by atoms with Crippen LogP contribution in [0.4, 0.5) is 19.3 Å². The standard InChI is InChI=1S/C24H16F2N2O4/c25-21-13-22(26)23(28(30)31)12-15(21)6-5-11-27-24(29)32-14-20-18-9-3-1-7-16(18)17-8-2-4-10-19(17)20/h1-4,7-10,12-13,20H,11,14H2,(H,27,29). The number of nitrogens with one attached hydrogen (secondary N) is 1. The number of alkyl carbamates (subject to hydrolysis) is 1. The molecule has 1 amide bonds. The third-order valence-electron chi connectivity index (χ3n) is 5.12. The van der Waals surface area contributed by atoms with Gasteiger partial charge in [0.25, 0.3) is 0 Å². The molecule has 0 aliphatic heterocycles. The maximum Gasteiger partial charge on any atom is 0.407 e. The minimum atomic E-state index is -1.28. The molecule has 32 heavy (non-hydrogen) atoms. The van der Waals surface area contributed by atoms with Gasteiger partial charge >= 0.3 is 11.8 Å². The van der Waals surface area contributed by atoms with Crippen LogP contribution in [0, 0.1) is 33.6 Å². The lowest BCUT2D eigenvalue weighted by Crippen LogP contribution is -2.26. The summed E-state index contributed by atoms with van der Waals surface area (Å²) < 4.78 is 32.5. The third kappa shape index (κ3) is 4.14. The summed E-state index contributed by atoms with van der Waals surface area (Å²) in [6, 6.07) is 17.0. The Labute approximate surface area is 182 Å². The molecule has 0 bridgehead atoms. The summed E-state index contributed by atoms with van der Waals surface area (Å²) >= 11 is 0. The number of fused-ring (bicyclic) bond motifs is 3. The van der Waals surface area contributed by atoms with Gasteiger partial charge in [-0.15, -0.1) is 0 Å². The van der Waals surface area contributed by atoms with E-state index in [1.165, 1.54) is 0 Å². The Balaban J connectivity index is 1.37. The van der Waals surface area contributed by atoms with Gasteiger partial charge < -0.3 is 10.1 Å². The largest absolute Gasteiger partial charge is 0.449 e. The molecule has 6 nitrogen and oxygen atoms in total. The fraction of sp³-hybridized carbons (Fsp3) is 0.125. The highest BCUT2D eigenvalue weighted by atomic mass is 19.1. The van der Waals surface area contributed by atoms with Gasteiger partial charge in [-0.05, 0) is 22.3 Å². The van der Waals surface area contributed by atoms with Gasteiger partial charge in [0, 0.05) is 18.1 Å². The Morgan fingerprint density at radius 3 is 2.28 bits per heavy atom. The van der Waals surface area contributed by atoms with Crippen LogP contribution in [-0.4, -0.2) is 24.2 Å². The number of hydrogen-bond acceptors (Lipinski definition) is 4. The van der Waals surface area contributed by atoms with Crippen molar-refractivity contribution in [3.05, 3.63) is 99.1 Å². The van der Waals surface area contributed by atoms with E-state index < -0.39 is 28.3 Å². The lowest BCUT2D eigenvalue weighted by Gasteiger charge is -2.14. The van der Waals surface area contributed by atoms with Crippen molar-refractivity contribution in [2.75, 3.05) is 13.2 Å². The quantitative estimate of drug-likeness (QED) is 0.365. The maximum atomic E-state index is 13.7. The number of carbonyl (C=O) groups excluding carboxylic acids is 1. The second kappa shape index (κ2) is 8.86. The molecule has 0 heterocycles. The molecule has 0 unspecified atom stereocenters. The normalized spacial score (nSPS) is 11.7. The average molecular weight is 434 g/mol. The molecule has 0 saturated heterocycles. The van der Waals surface area contributed by atoms with Crippen molar-refractivity contribution in [2.45, 2.75) is 5.92 Å². The molecule has 0 fully saturated rings. The van der Waals surface area contributed by atoms with Crippen LogP contribution in [-0.2, 0) is 4.74 Å². The Morgan fingerprint density at radius 1 is 1.03 bits per heavy atom. The highest BCUT2D eigenvalue weighted by Gasteiger charge is 2.28. The molecule has 0 atom stereocenters. The fourth-order valence-electron chi connectivity index (χ4n) is 3.68. The molecule has 1 aliphatic carbocycles. The minimum Gasteiger partial charge on any atom is -0.449 e. The van der Waals surface area contributed by atoms with E-state index in [2.05, 4.69) is 17.2 Å². The Morgan fingerprint density at radius 2 is 1.66 bits per heavy atom. The Hall–Kier alpha value is -4.25. The van der Waals surface area contributed by atoms with E-state index in [1.54, 1.807) is 0 Å². The van der Waals surface area contributed by atoms with Crippen LogP contribution in [0.3, 0.4) is 0 Å². The number of rotatable bonds is 4. The molecule has 4 rings (SSSR count). The van der Waals surface area contributed by atoms with Gasteiger partial charge in [0.1, 0.15) is 12.4 Å². The number of halogens is 2. The van der Waals surface area contributed by atoms with E-state index in [-0.39, 0.29) is 24.6 Å². The lowest BCUT2D eigenvalue weighted by molar-refractivity contribution is -0.387. The second-order valence-corrected chi connectivity index (χ2v) is 7.02. The zero-order chi connectivity index (χ0) is 22.7. The predicted molar refractivity (Wildman–Crippen MR) is 113 cm³/mol. The van der Waals surface area contributed by atoms with Crippen molar-refractivity contribution >= 4 is 11.8 Å². The van der Waals surface area contributed by atoms with Gasteiger partial charge in [-0.3, -0.25) is 10.1 Å². The third-order valence-corrected chi connectivity index (χ3v) is 5.12. The number of carbonyl (C=O) groups is 1. The van der Waals surface area contributed by atoms with E-state index in [0.717, 1.165) is 22.3 Å². The first kappa shape index (κ1) is 21.0. The molecular formula is C24H16F2N2O4. The van der Waals surface area contributed by atoms with E-state index >= 15 is 0 Å². The van der Waals surface area contributed by atoms with Crippen LogP contribution < -0.4 is 5.32 Å². The summed E-state index contributed by atoms with van der Waals surface area (Å²) in [6.45, 7) is -0.0483. The molecule has 1 aliphatic rings. The molecule has 3 aromatic carbocycles. The van der Waals surface area contributed by atoms with E-state index in [9.17, 15) is 23.7 Å². The summed E-state index contributed by atoms with van der Waals surface area (Å²) in [6.07, 6.45) is -0.702. The Bertz CT molecular complexity index is 1230. The number of nitrogens with zero attached hydrogens (tertiary/aromatic N) is 1. The first-order chi connectivity index (χ1) is 15.5. The smallest absolute Gasteiger partial charge is 0.407 e. The van der Waals surface area contributed by atoms with Crippen LogP contribution in [0.25, 0.3) is 11.1 Å². The van der Waals surface area contributed by atoms with Gasteiger partial charge in [-0.1, -0.05) is 60.4 Å². The number of ether oxygens (including phenoxy) is 1. The van der Waals surface area contributed by atoms with Crippen molar-refractivity contribution in [3.8, 4) is 23.0 Å². The van der Waals surface area contributed by atoms with Crippen molar-refractivity contribution in [1.29, 1.82) is 0 Å². The number of nitro benzene ring substituents is 1. The van der Waals surface area contributed by atoms with Gasteiger partial charge in [0.15, 0.2) is 0 Å². The van der Waals surface area contributed by atoms with Crippen LogP contribution in [0.1, 0.15) is 22.6 Å². The van der Waals surface area contributed by atoms with E-state index in [4.69, 9.17) is 4.74 Å². The monoisotopic (exact) mass is 434 g/mol. The van der Waals surface area contributed by atoms with Crippen molar-refractivity contribution in [2.24, 2.45) is 0 Å². The topological polar surface area (TPSA) is 81.5 Å². The highest BCUT2D eigenvalue weighted by molar-refractivity contribution is 5.79. The molecule has 160 valence electrons. The molecule has 0 spiro atoms. The van der Waals surface area contributed by atoms with E-state index in [1.807, 2.05) is 48.5 Å². The summed E-state index contributed by atoms with van der Waals surface area (Å²) in [5, 5.41) is 13.2.